The molecule has 32 heavy (non-hydrogen) atoms. The molecule has 1 amide bonds. The van der Waals surface area contributed by atoms with Crippen molar-refractivity contribution in [2.24, 2.45) is 0 Å². The van der Waals surface area contributed by atoms with Gasteiger partial charge in [0.25, 0.3) is 11.7 Å². The molecule has 2 heterocycles. The van der Waals surface area contributed by atoms with Crippen LogP contribution in [0.3, 0.4) is 0 Å². The molecule has 0 aliphatic carbocycles. The number of Topliss-reactive ketones (excluding diaryl/α,β-unsaturated/α-hetero) is 1. The Bertz CT molecular complexity index is 1240. The van der Waals surface area contributed by atoms with E-state index in [4.69, 9.17) is 0 Å². The third kappa shape index (κ3) is 3.75. The third-order valence-electron chi connectivity index (χ3n) is 5.21. The predicted molar refractivity (Wildman–Crippen MR) is 112 cm³/mol. The van der Waals surface area contributed by atoms with Crippen molar-refractivity contribution in [2.75, 3.05) is 4.90 Å². The SMILES string of the molecule is Cc1cccc(C2/C(=C(\O)c3ccncc3)C(=O)C(=O)N2c2cccc(C(F)(F)F)c2)c1. The molecule has 1 aliphatic heterocycles. The molecule has 1 N–H and O–H groups in total. The van der Waals surface area contributed by atoms with Crippen molar-refractivity contribution in [3.05, 3.63) is 101 Å². The van der Waals surface area contributed by atoms with Gasteiger partial charge in [0.1, 0.15) is 5.76 Å². The number of hydrogen-bond donors (Lipinski definition) is 1. The van der Waals surface area contributed by atoms with Crippen LogP contribution in [0.25, 0.3) is 5.76 Å². The monoisotopic (exact) mass is 438 g/mol. The first-order valence-electron chi connectivity index (χ1n) is 9.63. The number of nitrogens with zero attached hydrogens (tertiary/aromatic N) is 2. The Morgan fingerprint density at radius 2 is 1.69 bits per heavy atom. The molecule has 1 atom stereocenters. The Labute approximate surface area is 181 Å². The van der Waals surface area contributed by atoms with Crippen LogP contribution in [0.15, 0.2) is 78.6 Å². The second-order valence-corrected chi connectivity index (χ2v) is 7.37. The molecule has 0 spiro atoms. The molecule has 1 unspecified atom stereocenters. The van der Waals surface area contributed by atoms with E-state index in [0.29, 0.717) is 5.56 Å². The summed E-state index contributed by atoms with van der Waals surface area (Å²) in [4.78, 5) is 30.9. The van der Waals surface area contributed by atoms with E-state index in [9.17, 15) is 27.9 Å². The highest BCUT2D eigenvalue weighted by atomic mass is 19.4. The molecule has 1 fully saturated rings. The number of rotatable bonds is 3. The largest absolute Gasteiger partial charge is 0.507 e. The molecule has 8 heteroatoms. The van der Waals surface area contributed by atoms with Crippen LogP contribution >= 0.6 is 0 Å². The number of amides is 1. The number of benzene rings is 2. The second-order valence-electron chi connectivity index (χ2n) is 7.37. The number of alkyl halides is 3. The molecule has 0 radical (unpaired) electrons. The molecule has 3 aromatic rings. The van der Waals surface area contributed by atoms with Crippen molar-refractivity contribution in [3.63, 3.8) is 0 Å². The highest BCUT2D eigenvalue weighted by Crippen LogP contribution is 2.43. The van der Waals surface area contributed by atoms with Crippen LogP contribution in [-0.2, 0) is 15.8 Å². The molecule has 5 nitrogen and oxygen atoms in total. The zero-order valence-corrected chi connectivity index (χ0v) is 16.8. The van der Waals surface area contributed by atoms with Crippen molar-refractivity contribution in [2.45, 2.75) is 19.1 Å². The first-order chi connectivity index (χ1) is 15.2. The first-order valence-corrected chi connectivity index (χ1v) is 9.63. The number of carbonyl (C=O) groups excluding carboxylic acids is 2. The summed E-state index contributed by atoms with van der Waals surface area (Å²) in [5.41, 5.74) is 0.318. The molecule has 0 bridgehead atoms. The van der Waals surface area contributed by atoms with E-state index < -0.39 is 35.2 Å². The molecule has 4 rings (SSSR count). The van der Waals surface area contributed by atoms with E-state index in [2.05, 4.69) is 4.98 Å². The smallest absolute Gasteiger partial charge is 0.416 e. The van der Waals surface area contributed by atoms with E-state index in [1.807, 2.05) is 13.0 Å². The molecular weight excluding hydrogens is 421 g/mol. The molecule has 1 saturated heterocycles. The van der Waals surface area contributed by atoms with Gasteiger partial charge in [-0.2, -0.15) is 13.2 Å². The maximum absolute atomic E-state index is 13.3. The zero-order valence-electron chi connectivity index (χ0n) is 16.8. The van der Waals surface area contributed by atoms with Crippen LogP contribution in [0.2, 0.25) is 0 Å². The summed E-state index contributed by atoms with van der Waals surface area (Å²) in [6.07, 6.45) is -1.79. The van der Waals surface area contributed by atoms with Gasteiger partial charge in [0, 0.05) is 23.6 Å². The minimum atomic E-state index is -4.63. The Morgan fingerprint density at radius 3 is 2.34 bits per heavy atom. The summed E-state index contributed by atoms with van der Waals surface area (Å²) in [5, 5.41) is 10.9. The van der Waals surface area contributed by atoms with Crippen LogP contribution < -0.4 is 4.90 Å². The summed E-state index contributed by atoms with van der Waals surface area (Å²) in [6.45, 7) is 1.81. The van der Waals surface area contributed by atoms with E-state index >= 15 is 0 Å². The zero-order chi connectivity index (χ0) is 23.0. The number of aryl methyl sites for hydroxylation is 1. The molecule has 1 aliphatic rings. The summed E-state index contributed by atoms with van der Waals surface area (Å²) >= 11 is 0. The van der Waals surface area contributed by atoms with Gasteiger partial charge in [-0.3, -0.25) is 19.5 Å². The van der Waals surface area contributed by atoms with Crippen molar-refractivity contribution in [1.29, 1.82) is 0 Å². The second kappa shape index (κ2) is 7.96. The van der Waals surface area contributed by atoms with Gasteiger partial charge in [-0.15, -0.1) is 0 Å². The normalized spacial score (nSPS) is 18.2. The van der Waals surface area contributed by atoms with Crippen LogP contribution in [0, 0.1) is 6.92 Å². The number of carbonyl (C=O) groups is 2. The molecule has 2 aromatic carbocycles. The standard InChI is InChI=1S/C24H17F3N2O3/c1-14-4-2-5-16(12-14)20-19(21(30)15-8-10-28-11-9-15)22(31)23(32)29(20)18-7-3-6-17(13-18)24(25,26)27/h2-13,20,30H,1H3/b21-19+. The highest BCUT2D eigenvalue weighted by molar-refractivity contribution is 6.51. The van der Waals surface area contributed by atoms with Gasteiger partial charge in [-0.05, 0) is 42.8 Å². The number of pyridine rings is 1. The fraction of sp³-hybridized carbons (Fsp3) is 0.125. The van der Waals surface area contributed by atoms with Crippen LogP contribution in [0.1, 0.15) is 28.3 Å². The fourth-order valence-corrected chi connectivity index (χ4v) is 3.75. The van der Waals surface area contributed by atoms with Crippen molar-refractivity contribution in [1.82, 2.24) is 4.98 Å². The lowest BCUT2D eigenvalue weighted by atomic mass is 9.94. The van der Waals surface area contributed by atoms with Gasteiger partial charge >= 0.3 is 6.18 Å². The lowest BCUT2D eigenvalue weighted by molar-refractivity contribution is -0.137. The lowest BCUT2D eigenvalue weighted by Crippen LogP contribution is -2.29. The number of anilines is 1. The Kier molecular flexibility index (Phi) is 5.30. The average molecular weight is 438 g/mol. The summed E-state index contributed by atoms with van der Waals surface area (Å²) in [6, 6.07) is 12.9. The Morgan fingerprint density at radius 1 is 1.00 bits per heavy atom. The molecular formula is C24H17F3N2O3. The van der Waals surface area contributed by atoms with E-state index in [0.717, 1.165) is 22.6 Å². The lowest BCUT2D eigenvalue weighted by Gasteiger charge is -2.26. The van der Waals surface area contributed by atoms with E-state index in [1.54, 1.807) is 18.2 Å². The number of aliphatic hydroxyl groups excluding tert-OH is 1. The third-order valence-corrected chi connectivity index (χ3v) is 5.21. The van der Waals surface area contributed by atoms with Crippen LogP contribution in [0.5, 0.6) is 0 Å². The van der Waals surface area contributed by atoms with Crippen molar-refractivity contribution < 1.29 is 27.9 Å². The van der Waals surface area contributed by atoms with E-state index in [1.165, 1.54) is 36.7 Å². The molecule has 0 saturated carbocycles. The van der Waals surface area contributed by atoms with Gasteiger partial charge in [0.15, 0.2) is 0 Å². The van der Waals surface area contributed by atoms with Gasteiger partial charge < -0.3 is 5.11 Å². The number of ketones is 1. The van der Waals surface area contributed by atoms with Crippen LogP contribution in [-0.4, -0.2) is 21.8 Å². The van der Waals surface area contributed by atoms with Crippen molar-refractivity contribution in [3.8, 4) is 0 Å². The van der Waals surface area contributed by atoms with Gasteiger partial charge in [0.05, 0.1) is 17.2 Å². The average Bonchev–Trinajstić information content (AvgIpc) is 3.04. The summed E-state index contributed by atoms with van der Waals surface area (Å²) < 4.78 is 39.9. The number of hydrogen-bond acceptors (Lipinski definition) is 4. The first kappa shape index (κ1) is 21.3. The van der Waals surface area contributed by atoms with Gasteiger partial charge in [-0.1, -0.05) is 35.9 Å². The maximum Gasteiger partial charge on any atom is 0.416 e. The number of aliphatic hydroxyl groups is 1. The van der Waals surface area contributed by atoms with Crippen LogP contribution in [0.4, 0.5) is 18.9 Å². The maximum atomic E-state index is 13.3. The molecule has 162 valence electrons. The summed E-state index contributed by atoms with van der Waals surface area (Å²) in [5.74, 6) is -2.43. The van der Waals surface area contributed by atoms with Gasteiger partial charge in [0.2, 0.25) is 0 Å². The van der Waals surface area contributed by atoms with Gasteiger partial charge in [-0.25, -0.2) is 0 Å². The Hall–Kier alpha value is -3.94. The number of halogens is 3. The molecule has 1 aromatic heterocycles. The summed E-state index contributed by atoms with van der Waals surface area (Å²) in [7, 11) is 0. The fourth-order valence-electron chi connectivity index (χ4n) is 3.75. The quantitative estimate of drug-likeness (QED) is 0.354. The van der Waals surface area contributed by atoms with E-state index in [-0.39, 0.29) is 16.8 Å². The topological polar surface area (TPSA) is 70.5 Å². The minimum absolute atomic E-state index is 0.0952. The minimum Gasteiger partial charge on any atom is -0.507 e. The highest BCUT2D eigenvalue weighted by Gasteiger charge is 2.47. The predicted octanol–water partition coefficient (Wildman–Crippen LogP) is 5.04. The van der Waals surface area contributed by atoms with Crippen molar-refractivity contribution >= 4 is 23.1 Å². The number of aromatic nitrogens is 1. The Balaban J connectivity index is 1.96.